The SMILES string of the molecule is C.CC(C)CC(=O)c1ccc(CSc2c(Cl)ccc3c2CCNCC3)cn1. The van der Waals surface area contributed by atoms with Gasteiger partial charge < -0.3 is 5.32 Å². The fraction of sp³-hybridized carbons (Fsp3) is 0.455. The molecule has 0 bridgehead atoms. The van der Waals surface area contributed by atoms with Crippen LogP contribution in [0.25, 0.3) is 0 Å². The number of carbonyl (C=O) groups excluding carboxylic acids is 1. The van der Waals surface area contributed by atoms with E-state index in [1.54, 1.807) is 11.8 Å². The second-order valence-corrected chi connectivity index (χ2v) is 8.52. The van der Waals surface area contributed by atoms with E-state index in [1.807, 2.05) is 38.2 Å². The number of hydrogen-bond acceptors (Lipinski definition) is 4. The second kappa shape index (κ2) is 10.3. The number of ketones is 1. The summed E-state index contributed by atoms with van der Waals surface area (Å²) in [5.41, 5.74) is 4.44. The van der Waals surface area contributed by atoms with Gasteiger partial charge in [0.05, 0.1) is 5.02 Å². The van der Waals surface area contributed by atoms with E-state index in [0.29, 0.717) is 18.0 Å². The summed E-state index contributed by atoms with van der Waals surface area (Å²) < 4.78 is 0. The van der Waals surface area contributed by atoms with Crippen molar-refractivity contribution in [3.05, 3.63) is 57.9 Å². The summed E-state index contributed by atoms with van der Waals surface area (Å²) in [5.74, 6) is 1.27. The smallest absolute Gasteiger partial charge is 0.181 e. The second-order valence-electron chi connectivity index (χ2n) is 7.13. The molecule has 1 aromatic carbocycles. The Hall–Kier alpha value is -1.36. The van der Waals surface area contributed by atoms with Crippen molar-refractivity contribution in [1.29, 1.82) is 0 Å². The molecular formula is C22H29ClN2OS. The molecular weight excluding hydrogens is 376 g/mol. The molecule has 2 heterocycles. The van der Waals surface area contributed by atoms with Gasteiger partial charge in [-0.1, -0.05) is 45.0 Å². The van der Waals surface area contributed by atoms with E-state index in [9.17, 15) is 4.79 Å². The Bertz CT molecular complexity index is 775. The van der Waals surface area contributed by atoms with Gasteiger partial charge in [-0.3, -0.25) is 9.78 Å². The molecule has 3 nitrogen and oxygen atoms in total. The van der Waals surface area contributed by atoms with Crippen LogP contribution in [0, 0.1) is 5.92 Å². The zero-order valence-corrected chi connectivity index (χ0v) is 16.9. The predicted molar refractivity (Wildman–Crippen MR) is 116 cm³/mol. The number of hydrogen-bond donors (Lipinski definition) is 1. The number of nitrogens with one attached hydrogen (secondary N) is 1. The molecule has 2 aromatic rings. The number of carbonyl (C=O) groups is 1. The van der Waals surface area contributed by atoms with Crippen molar-refractivity contribution < 1.29 is 4.79 Å². The van der Waals surface area contributed by atoms with E-state index < -0.39 is 0 Å². The highest BCUT2D eigenvalue weighted by atomic mass is 35.5. The molecule has 0 spiro atoms. The van der Waals surface area contributed by atoms with Crippen molar-refractivity contribution in [2.24, 2.45) is 5.92 Å². The molecule has 3 rings (SSSR count). The van der Waals surface area contributed by atoms with Crippen molar-refractivity contribution in [3.63, 3.8) is 0 Å². The highest BCUT2D eigenvalue weighted by Crippen LogP contribution is 2.35. The van der Waals surface area contributed by atoms with Crippen LogP contribution in [0.15, 0.2) is 35.4 Å². The number of aromatic nitrogens is 1. The number of fused-ring (bicyclic) bond motifs is 1. The minimum atomic E-state index is 0. The Kier molecular flexibility index (Phi) is 8.33. The first-order valence-corrected chi connectivity index (χ1v) is 10.5. The van der Waals surface area contributed by atoms with Gasteiger partial charge in [0.15, 0.2) is 5.78 Å². The lowest BCUT2D eigenvalue weighted by Gasteiger charge is -2.14. The zero-order valence-electron chi connectivity index (χ0n) is 15.3. The number of nitrogens with zero attached hydrogens (tertiary/aromatic N) is 1. The Balaban J connectivity index is 0.00000261. The van der Waals surface area contributed by atoms with Gasteiger partial charge in [-0.15, -0.1) is 11.8 Å². The Labute approximate surface area is 172 Å². The molecule has 1 aromatic heterocycles. The van der Waals surface area contributed by atoms with Crippen LogP contribution in [0.5, 0.6) is 0 Å². The van der Waals surface area contributed by atoms with Crippen LogP contribution >= 0.6 is 23.4 Å². The van der Waals surface area contributed by atoms with Gasteiger partial charge in [-0.2, -0.15) is 0 Å². The maximum Gasteiger partial charge on any atom is 0.181 e. The fourth-order valence-corrected chi connectivity index (χ4v) is 4.61. The molecule has 27 heavy (non-hydrogen) atoms. The maximum absolute atomic E-state index is 12.1. The molecule has 1 aliphatic rings. The highest BCUT2D eigenvalue weighted by molar-refractivity contribution is 7.98. The zero-order chi connectivity index (χ0) is 18.5. The van der Waals surface area contributed by atoms with Gasteiger partial charge >= 0.3 is 0 Å². The topological polar surface area (TPSA) is 42.0 Å². The lowest BCUT2D eigenvalue weighted by molar-refractivity contribution is 0.0963. The summed E-state index contributed by atoms with van der Waals surface area (Å²) in [6.07, 6.45) is 4.42. The van der Waals surface area contributed by atoms with Gasteiger partial charge in [-0.25, -0.2) is 0 Å². The Morgan fingerprint density at radius 2 is 2.00 bits per heavy atom. The number of Topliss-reactive ketones (excluding diaryl/α,β-unsaturated/α-hetero) is 1. The molecule has 0 amide bonds. The normalized spacial score (nSPS) is 13.6. The van der Waals surface area contributed by atoms with Crippen molar-refractivity contribution in [2.75, 3.05) is 13.1 Å². The Morgan fingerprint density at radius 1 is 1.22 bits per heavy atom. The van der Waals surface area contributed by atoms with E-state index in [1.165, 1.54) is 16.0 Å². The van der Waals surface area contributed by atoms with E-state index in [2.05, 4.69) is 16.4 Å². The lowest BCUT2D eigenvalue weighted by Crippen LogP contribution is -2.16. The van der Waals surface area contributed by atoms with Crippen LogP contribution < -0.4 is 5.32 Å². The van der Waals surface area contributed by atoms with Crippen LogP contribution in [0.2, 0.25) is 5.02 Å². The molecule has 5 heteroatoms. The van der Waals surface area contributed by atoms with E-state index in [-0.39, 0.29) is 13.2 Å². The minimum absolute atomic E-state index is 0. The average Bonchev–Trinajstić information content (AvgIpc) is 2.86. The number of benzene rings is 1. The molecule has 0 saturated heterocycles. The molecule has 0 fully saturated rings. The summed E-state index contributed by atoms with van der Waals surface area (Å²) >= 11 is 8.26. The van der Waals surface area contributed by atoms with Crippen LogP contribution in [-0.4, -0.2) is 23.9 Å². The standard InChI is InChI=1S/C21H25ClN2OS.CH4/c1-14(2)11-20(25)19-6-3-15(12-24-19)13-26-21-17-8-10-23-9-7-16(17)4-5-18(21)22;/h3-6,12,14,23H,7-11,13H2,1-2H3;1H4. The summed E-state index contributed by atoms with van der Waals surface area (Å²) in [4.78, 5) is 17.6. The number of thioether (sulfide) groups is 1. The molecule has 0 unspecified atom stereocenters. The van der Waals surface area contributed by atoms with E-state index in [0.717, 1.165) is 42.3 Å². The van der Waals surface area contributed by atoms with Crippen LogP contribution in [0.3, 0.4) is 0 Å². The lowest BCUT2D eigenvalue weighted by atomic mass is 10.0. The van der Waals surface area contributed by atoms with Crippen LogP contribution in [0.1, 0.15) is 54.9 Å². The van der Waals surface area contributed by atoms with Crippen LogP contribution in [0.4, 0.5) is 0 Å². The molecule has 0 radical (unpaired) electrons. The van der Waals surface area contributed by atoms with Crippen molar-refractivity contribution >= 4 is 29.1 Å². The summed E-state index contributed by atoms with van der Waals surface area (Å²) in [7, 11) is 0. The Morgan fingerprint density at radius 3 is 2.70 bits per heavy atom. The number of halogens is 1. The maximum atomic E-state index is 12.1. The highest BCUT2D eigenvalue weighted by Gasteiger charge is 2.15. The summed E-state index contributed by atoms with van der Waals surface area (Å²) in [6, 6.07) is 8.02. The summed E-state index contributed by atoms with van der Waals surface area (Å²) in [5, 5.41) is 4.28. The van der Waals surface area contributed by atoms with E-state index >= 15 is 0 Å². The molecule has 1 aliphatic heterocycles. The van der Waals surface area contributed by atoms with Gasteiger partial charge in [0.25, 0.3) is 0 Å². The first-order chi connectivity index (χ1) is 12.5. The fourth-order valence-electron chi connectivity index (χ4n) is 3.17. The largest absolute Gasteiger partial charge is 0.316 e. The third-order valence-corrected chi connectivity index (χ3v) is 6.18. The predicted octanol–water partition coefficient (Wildman–Crippen LogP) is 5.58. The molecule has 1 N–H and O–H groups in total. The number of rotatable bonds is 6. The molecule has 0 saturated carbocycles. The molecule has 0 aliphatic carbocycles. The van der Waals surface area contributed by atoms with Gasteiger partial charge in [0.2, 0.25) is 0 Å². The third kappa shape index (κ3) is 5.81. The first-order valence-electron chi connectivity index (χ1n) is 9.16. The quantitative estimate of drug-likeness (QED) is 0.504. The third-order valence-electron chi connectivity index (χ3n) is 4.52. The van der Waals surface area contributed by atoms with E-state index in [4.69, 9.17) is 11.6 Å². The van der Waals surface area contributed by atoms with Crippen molar-refractivity contribution in [1.82, 2.24) is 10.3 Å². The average molecular weight is 405 g/mol. The van der Waals surface area contributed by atoms with Crippen molar-refractivity contribution in [2.45, 2.75) is 51.2 Å². The minimum Gasteiger partial charge on any atom is -0.316 e. The van der Waals surface area contributed by atoms with Crippen LogP contribution in [-0.2, 0) is 18.6 Å². The van der Waals surface area contributed by atoms with Crippen molar-refractivity contribution in [3.8, 4) is 0 Å². The van der Waals surface area contributed by atoms with Gasteiger partial charge in [0, 0.05) is 23.3 Å². The molecule has 0 atom stereocenters. The summed E-state index contributed by atoms with van der Waals surface area (Å²) in [6.45, 7) is 6.11. The van der Waals surface area contributed by atoms with Gasteiger partial charge in [0.1, 0.15) is 5.69 Å². The molecule has 146 valence electrons. The first kappa shape index (κ1) is 21.9. The van der Waals surface area contributed by atoms with Gasteiger partial charge in [-0.05, 0) is 60.7 Å². The monoisotopic (exact) mass is 404 g/mol. The number of pyridine rings is 1.